The molecule has 0 radical (unpaired) electrons. The van der Waals surface area contributed by atoms with Crippen molar-refractivity contribution in [3.05, 3.63) is 81.9 Å². The van der Waals surface area contributed by atoms with E-state index in [1.807, 2.05) is 29.6 Å². The number of hydrogen-bond acceptors (Lipinski definition) is 4. The summed E-state index contributed by atoms with van der Waals surface area (Å²) in [5.74, 6) is 0.655. The number of thiophene rings is 1. The quantitative estimate of drug-likeness (QED) is 0.712. The summed E-state index contributed by atoms with van der Waals surface area (Å²) in [6, 6.07) is 16.4. The number of nitrogens with zero attached hydrogens (tertiary/aromatic N) is 2. The second-order valence-corrected chi connectivity index (χ2v) is 6.04. The van der Waals surface area contributed by atoms with E-state index in [0.717, 1.165) is 10.6 Å². The van der Waals surface area contributed by atoms with Crippen molar-refractivity contribution in [3.63, 3.8) is 0 Å². The Kier molecular flexibility index (Phi) is 4.55. The molecule has 4 nitrogen and oxygen atoms in total. The van der Waals surface area contributed by atoms with Gasteiger partial charge in [-0.15, -0.1) is 11.3 Å². The van der Waals surface area contributed by atoms with Gasteiger partial charge >= 0.3 is 0 Å². The highest BCUT2D eigenvalue weighted by Gasteiger charge is 2.18. The minimum absolute atomic E-state index is 0.0840. The molecule has 1 aromatic carbocycles. The standard InChI is InChI=1S/C18H14N2O2S/c19-11-14-5-7-15(8-6-14)18(21)20(12-16-3-1-9-22-16)13-17-4-2-10-23-17/h1-10H,12-13H2. The number of hydrogen-bond donors (Lipinski definition) is 0. The molecule has 0 aliphatic heterocycles. The van der Waals surface area contributed by atoms with Gasteiger partial charge in [-0.1, -0.05) is 6.07 Å². The van der Waals surface area contributed by atoms with Crippen LogP contribution in [-0.2, 0) is 13.1 Å². The zero-order valence-electron chi connectivity index (χ0n) is 12.3. The summed E-state index contributed by atoms with van der Waals surface area (Å²) in [5, 5.41) is 10.9. The Balaban J connectivity index is 1.83. The Morgan fingerprint density at radius 2 is 1.96 bits per heavy atom. The van der Waals surface area contributed by atoms with Gasteiger partial charge in [0.2, 0.25) is 0 Å². The maximum absolute atomic E-state index is 12.8. The first-order valence-electron chi connectivity index (χ1n) is 7.10. The molecular weight excluding hydrogens is 308 g/mol. The molecule has 3 aromatic rings. The van der Waals surface area contributed by atoms with Gasteiger partial charge in [-0.25, -0.2) is 0 Å². The van der Waals surface area contributed by atoms with Crippen LogP contribution in [0.3, 0.4) is 0 Å². The van der Waals surface area contributed by atoms with Crippen molar-refractivity contribution in [1.82, 2.24) is 4.90 Å². The molecule has 0 bridgehead atoms. The van der Waals surface area contributed by atoms with Crippen LogP contribution < -0.4 is 0 Å². The molecule has 23 heavy (non-hydrogen) atoms. The Morgan fingerprint density at radius 1 is 1.13 bits per heavy atom. The number of amides is 1. The van der Waals surface area contributed by atoms with Gasteiger partial charge in [0.25, 0.3) is 5.91 Å². The number of nitriles is 1. The monoisotopic (exact) mass is 322 g/mol. The van der Waals surface area contributed by atoms with Crippen LogP contribution >= 0.6 is 11.3 Å². The molecule has 0 unspecified atom stereocenters. The molecular formula is C18H14N2O2S. The molecule has 0 spiro atoms. The van der Waals surface area contributed by atoms with Crippen molar-refractivity contribution in [2.45, 2.75) is 13.1 Å². The normalized spacial score (nSPS) is 10.2. The highest BCUT2D eigenvalue weighted by Crippen LogP contribution is 2.18. The summed E-state index contributed by atoms with van der Waals surface area (Å²) in [6.07, 6.45) is 1.60. The fraction of sp³-hybridized carbons (Fsp3) is 0.111. The number of carbonyl (C=O) groups is 1. The van der Waals surface area contributed by atoms with Crippen molar-refractivity contribution in [3.8, 4) is 6.07 Å². The summed E-state index contributed by atoms with van der Waals surface area (Å²) >= 11 is 1.61. The first kappa shape index (κ1) is 15.1. The maximum Gasteiger partial charge on any atom is 0.254 e. The Morgan fingerprint density at radius 3 is 2.57 bits per heavy atom. The summed E-state index contributed by atoms with van der Waals surface area (Å²) in [5.41, 5.74) is 1.10. The average molecular weight is 322 g/mol. The van der Waals surface area contributed by atoms with Crippen LogP contribution in [0.5, 0.6) is 0 Å². The van der Waals surface area contributed by atoms with E-state index in [4.69, 9.17) is 9.68 Å². The summed E-state index contributed by atoms with van der Waals surface area (Å²) in [4.78, 5) is 15.7. The van der Waals surface area contributed by atoms with E-state index in [-0.39, 0.29) is 5.91 Å². The molecule has 0 saturated carbocycles. The van der Waals surface area contributed by atoms with Gasteiger partial charge in [0, 0.05) is 10.4 Å². The van der Waals surface area contributed by atoms with E-state index in [9.17, 15) is 4.79 Å². The highest BCUT2D eigenvalue weighted by molar-refractivity contribution is 7.09. The Bertz CT molecular complexity index is 764. The van der Waals surface area contributed by atoms with Gasteiger partial charge in [0.1, 0.15) is 5.76 Å². The van der Waals surface area contributed by atoms with Crippen molar-refractivity contribution < 1.29 is 9.21 Å². The summed E-state index contributed by atoms with van der Waals surface area (Å²) < 4.78 is 5.37. The third-order valence-electron chi connectivity index (χ3n) is 3.40. The third-order valence-corrected chi connectivity index (χ3v) is 4.26. The highest BCUT2D eigenvalue weighted by atomic mass is 32.1. The lowest BCUT2D eigenvalue weighted by Crippen LogP contribution is -2.29. The van der Waals surface area contributed by atoms with E-state index >= 15 is 0 Å². The van der Waals surface area contributed by atoms with E-state index in [1.54, 1.807) is 46.8 Å². The van der Waals surface area contributed by atoms with Gasteiger partial charge in [-0.3, -0.25) is 4.79 Å². The first-order chi connectivity index (χ1) is 11.3. The number of rotatable bonds is 5. The predicted molar refractivity (Wildman–Crippen MR) is 87.8 cm³/mol. The SMILES string of the molecule is N#Cc1ccc(C(=O)N(Cc2ccco2)Cc2cccs2)cc1. The van der Waals surface area contributed by atoms with Crippen LogP contribution in [-0.4, -0.2) is 10.8 Å². The fourth-order valence-electron chi connectivity index (χ4n) is 2.25. The second kappa shape index (κ2) is 6.95. The van der Waals surface area contributed by atoms with Crippen LogP contribution in [0.2, 0.25) is 0 Å². The maximum atomic E-state index is 12.8. The van der Waals surface area contributed by atoms with E-state index < -0.39 is 0 Å². The molecule has 0 aliphatic carbocycles. The number of carbonyl (C=O) groups excluding carboxylic acids is 1. The Hall–Kier alpha value is -2.84. The lowest BCUT2D eigenvalue weighted by Gasteiger charge is -2.21. The van der Waals surface area contributed by atoms with Gasteiger partial charge in [-0.05, 0) is 47.8 Å². The smallest absolute Gasteiger partial charge is 0.254 e. The Labute approximate surface area is 138 Å². The predicted octanol–water partition coefficient (Wildman–Crippen LogP) is 4.06. The van der Waals surface area contributed by atoms with Crippen LogP contribution in [0.15, 0.2) is 64.6 Å². The largest absolute Gasteiger partial charge is 0.467 e. The molecule has 5 heteroatoms. The molecule has 0 saturated heterocycles. The topological polar surface area (TPSA) is 57.2 Å². The minimum atomic E-state index is -0.0840. The van der Waals surface area contributed by atoms with Crippen LogP contribution in [0.4, 0.5) is 0 Å². The molecule has 0 fully saturated rings. The molecule has 114 valence electrons. The third kappa shape index (κ3) is 3.68. The zero-order valence-corrected chi connectivity index (χ0v) is 13.1. The lowest BCUT2D eigenvalue weighted by molar-refractivity contribution is 0.0719. The molecule has 3 rings (SSSR count). The molecule has 0 atom stereocenters. The number of furan rings is 1. The van der Waals surface area contributed by atoms with Gasteiger partial charge in [0.15, 0.2) is 0 Å². The molecule has 1 amide bonds. The minimum Gasteiger partial charge on any atom is -0.467 e. The average Bonchev–Trinajstić information content (AvgIpc) is 3.27. The fourth-order valence-corrected chi connectivity index (χ4v) is 2.97. The van der Waals surface area contributed by atoms with E-state index in [1.165, 1.54) is 0 Å². The first-order valence-corrected chi connectivity index (χ1v) is 7.98. The molecule has 2 aromatic heterocycles. The lowest BCUT2D eigenvalue weighted by atomic mass is 10.1. The summed E-state index contributed by atoms with van der Waals surface area (Å²) in [6.45, 7) is 0.931. The zero-order chi connectivity index (χ0) is 16.1. The van der Waals surface area contributed by atoms with Crippen LogP contribution in [0.25, 0.3) is 0 Å². The van der Waals surface area contributed by atoms with E-state index in [0.29, 0.717) is 24.2 Å². The van der Waals surface area contributed by atoms with E-state index in [2.05, 4.69) is 6.07 Å². The molecule has 2 heterocycles. The van der Waals surface area contributed by atoms with Gasteiger partial charge in [0.05, 0.1) is 31.0 Å². The summed E-state index contributed by atoms with van der Waals surface area (Å²) in [7, 11) is 0. The van der Waals surface area contributed by atoms with Crippen molar-refractivity contribution in [2.75, 3.05) is 0 Å². The van der Waals surface area contributed by atoms with Crippen molar-refractivity contribution in [1.29, 1.82) is 5.26 Å². The van der Waals surface area contributed by atoms with Gasteiger partial charge < -0.3 is 9.32 Å². The molecule has 0 N–H and O–H groups in total. The van der Waals surface area contributed by atoms with Crippen LogP contribution in [0, 0.1) is 11.3 Å². The van der Waals surface area contributed by atoms with Crippen molar-refractivity contribution >= 4 is 17.2 Å². The van der Waals surface area contributed by atoms with Crippen molar-refractivity contribution in [2.24, 2.45) is 0 Å². The molecule has 0 aliphatic rings. The second-order valence-electron chi connectivity index (χ2n) is 5.01. The number of benzene rings is 1. The van der Waals surface area contributed by atoms with Gasteiger partial charge in [-0.2, -0.15) is 5.26 Å². The van der Waals surface area contributed by atoms with Crippen LogP contribution in [0.1, 0.15) is 26.6 Å².